The van der Waals surface area contributed by atoms with Gasteiger partial charge in [0.15, 0.2) is 11.0 Å². The number of pyridine rings is 1. The summed E-state index contributed by atoms with van der Waals surface area (Å²) in [6.07, 6.45) is 2.66. The molecule has 140 valence electrons. The molecule has 0 fully saturated rings. The number of benzene rings is 1. The standard InChI is InChI=1S/C19H21N5O2S/c1-3-12-24-18(15-9-6-7-11-20-15)22-23-19(24)27-13-17(25)21-14-8-4-5-10-16(14)26-2/h4-11H,3,12-13H2,1-2H3,(H,21,25). The highest BCUT2D eigenvalue weighted by Crippen LogP contribution is 2.25. The van der Waals surface area contributed by atoms with Crippen LogP contribution in [-0.2, 0) is 11.3 Å². The molecule has 3 rings (SSSR count). The molecule has 1 aromatic carbocycles. The predicted octanol–water partition coefficient (Wildman–Crippen LogP) is 3.49. The number of nitrogens with zero attached hydrogens (tertiary/aromatic N) is 4. The van der Waals surface area contributed by atoms with E-state index < -0.39 is 0 Å². The molecule has 27 heavy (non-hydrogen) atoms. The van der Waals surface area contributed by atoms with Gasteiger partial charge >= 0.3 is 0 Å². The van der Waals surface area contributed by atoms with Crippen molar-refractivity contribution in [3.05, 3.63) is 48.7 Å². The molecule has 0 radical (unpaired) electrons. The molecule has 0 atom stereocenters. The summed E-state index contributed by atoms with van der Waals surface area (Å²) in [5, 5.41) is 12.1. The summed E-state index contributed by atoms with van der Waals surface area (Å²) < 4.78 is 7.26. The van der Waals surface area contributed by atoms with E-state index in [1.165, 1.54) is 11.8 Å². The van der Waals surface area contributed by atoms with Crippen LogP contribution in [0, 0.1) is 0 Å². The Kier molecular flexibility index (Phi) is 6.43. The largest absolute Gasteiger partial charge is 0.495 e. The van der Waals surface area contributed by atoms with E-state index in [-0.39, 0.29) is 11.7 Å². The number of amides is 1. The number of thioether (sulfide) groups is 1. The molecule has 0 saturated carbocycles. The maximum atomic E-state index is 12.3. The van der Waals surface area contributed by atoms with Gasteiger partial charge in [0.25, 0.3) is 0 Å². The minimum absolute atomic E-state index is 0.130. The van der Waals surface area contributed by atoms with Crippen LogP contribution in [0.15, 0.2) is 53.8 Å². The second-order valence-electron chi connectivity index (χ2n) is 5.71. The van der Waals surface area contributed by atoms with E-state index in [9.17, 15) is 4.79 Å². The third-order valence-electron chi connectivity index (χ3n) is 3.77. The Labute approximate surface area is 162 Å². The van der Waals surface area contributed by atoms with Gasteiger partial charge in [0.2, 0.25) is 5.91 Å². The van der Waals surface area contributed by atoms with Crippen molar-refractivity contribution in [2.45, 2.75) is 25.0 Å². The fraction of sp³-hybridized carbons (Fsp3) is 0.263. The summed E-state index contributed by atoms with van der Waals surface area (Å²) in [6, 6.07) is 13.0. The molecular weight excluding hydrogens is 362 g/mol. The minimum Gasteiger partial charge on any atom is -0.495 e. The van der Waals surface area contributed by atoms with Crippen molar-refractivity contribution in [1.29, 1.82) is 0 Å². The Balaban J connectivity index is 1.70. The number of hydrogen-bond donors (Lipinski definition) is 1. The zero-order valence-electron chi connectivity index (χ0n) is 15.3. The van der Waals surface area contributed by atoms with Crippen molar-refractivity contribution in [3.8, 4) is 17.3 Å². The Hall–Kier alpha value is -2.87. The lowest BCUT2D eigenvalue weighted by atomic mass is 10.3. The molecule has 0 aliphatic heterocycles. The van der Waals surface area contributed by atoms with Crippen LogP contribution in [0.5, 0.6) is 5.75 Å². The van der Waals surface area contributed by atoms with Crippen LogP contribution in [0.2, 0.25) is 0 Å². The van der Waals surface area contributed by atoms with Gasteiger partial charge in [-0.3, -0.25) is 9.78 Å². The topological polar surface area (TPSA) is 81.9 Å². The molecule has 1 N–H and O–H groups in total. The van der Waals surface area contributed by atoms with Gasteiger partial charge in [0, 0.05) is 12.7 Å². The van der Waals surface area contributed by atoms with Crippen LogP contribution < -0.4 is 10.1 Å². The molecule has 8 heteroatoms. The van der Waals surface area contributed by atoms with Gasteiger partial charge in [-0.15, -0.1) is 10.2 Å². The molecule has 2 heterocycles. The third kappa shape index (κ3) is 4.65. The Morgan fingerprint density at radius 1 is 1.19 bits per heavy atom. The summed E-state index contributed by atoms with van der Waals surface area (Å²) >= 11 is 1.35. The SMILES string of the molecule is CCCn1c(SCC(=O)Nc2ccccc2OC)nnc1-c1ccccn1. The van der Waals surface area contributed by atoms with E-state index in [4.69, 9.17) is 4.74 Å². The van der Waals surface area contributed by atoms with Crippen molar-refractivity contribution in [3.63, 3.8) is 0 Å². The number of nitrogens with one attached hydrogen (secondary N) is 1. The number of carbonyl (C=O) groups excluding carboxylic acids is 1. The molecule has 0 bridgehead atoms. The molecule has 3 aromatic rings. The Morgan fingerprint density at radius 3 is 2.74 bits per heavy atom. The van der Waals surface area contributed by atoms with Gasteiger partial charge in [0.05, 0.1) is 18.6 Å². The number of para-hydroxylation sites is 2. The van der Waals surface area contributed by atoms with Crippen molar-refractivity contribution >= 4 is 23.4 Å². The molecule has 1 amide bonds. The Morgan fingerprint density at radius 2 is 2.00 bits per heavy atom. The first-order valence-corrected chi connectivity index (χ1v) is 9.61. The molecule has 0 spiro atoms. The lowest BCUT2D eigenvalue weighted by Crippen LogP contribution is -2.15. The highest BCUT2D eigenvalue weighted by atomic mass is 32.2. The van der Waals surface area contributed by atoms with Crippen LogP contribution in [-0.4, -0.2) is 38.5 Å². The number of methoxy groups -OCH3 is 1. The maximum Gasteiger partial charge on any atom is 0.234 e. The number of carbonyl (C=O) groups is 1. The quantitative estimate of drug-likeness (QED) is 0.600. The Bertz CT molecular complexity index is 898. The van der Waals surface area contributed by atoms with Crippen LogP contribution in [0.3, 0.4) is 0 Å². The fourth-order valence-electron chi connectivity index (χ4n) is 2.57. The lowest BCUT2D eigenvalue weighted by Gasteiger charge is -2.10. The van der Waals surface area contributed by atoms with Crippen molar-refractivity contribution in [2.75, 3.05) is 18.2 Å². The second kappa shape index (κ2) is 9.18. The van der Waals surface area contributed by atoms with Gasteiger partial charge in [-0.25, -0.2) is 0 Å². The zero-order valence-corrected chi connectivity index (χ0v) is 16.1. The van der Waals surface area contributed by atoms with Gasteiger partial charge < -0.3 is 14.6 Å². The van der Waals surface area contributed by atoms with E-state index in [1.54, 1.807) is 25.4 Å². The number of hydrogen-bond acceptors (Lipinski definition) is 6. The molecular formula is C19H21N5O2S. The van der Waals surface area contributed by atoms with E-state index in [1.807, 2.05) is 34.9 Å². The average Bonchev–Trinajstić information content (AvgIpc) is 3.10. The summed E-state index contributed by atoms with van der Waals surface area (Å²) in [5.74, 6) is 1.43. The van der Waals surface area contributed by atoms with Gasteiger partial charge in [-0.1, -0.05) is 36.9 Å². The third-order valence-corrected chi connectivity index (χ3v) is 4.74. The van der Waals surface area contributed by atoms with E-state index >= 15 is 0 Å². The summed E-state index contributed by atoms with van der Waals surface area (Å²) in [5.41, 5.74) is 1.42. The maximum absolute atomic E-state index is 12.3. The first-order valence-electron chi connectivity index (χ1n) is 8.63. The molecule has 0 aliphatic rings. The van der Waals surface area contributed by atoms with Crippen molar-refractivity contribution in [2.24, 2.45) is 0 Å². The lowest BCUT2D eigenvalue weighted by molar-refractivity contribution is -0.113. The number of aromatic nitrogens is 4. The summed E-state index contributed by atoms with van der Waals surface area (Å²) in [6.45, 7) is 2.85. The molecule has 2 aromatic heterocycles. The van der Waals surface area contributed by atoms with E-state index in [0.717, 1.165) is 18.7 Å². The normalized spacial score (nSPS) is 10.6. The predicted molar refractivity (Wildman–Crippen MR) is 106 cm³/mol. The van der Waals surface area contributed by atoms with Crippen molar-refractivity contribution < 1.29 is 9.53 Å². The number of anilines is 1. The van der Waals surface area contributed by atoms with Gasteiger partial charge in [-0.2, -0.15) is 0 Å². The van der Waals surface area contributed by atoms with Gasteiger partial charge in [-0.05, 0) is 30.7 Å². The number of rotatable bonds is 8. The molecule has 7 nitrogen and oxygen atoms in total. The van der Waals surface area contributed by atoms with Crippen LogP contribution in [0.25, 0.3) is 11.5 Å². The zero-order chi connectivity index (χ0) is 19.1. The molecule has 0 aliphatic carbocycles. The van der Waals surface area contributed by atoms with Crippen molar-refractivity contribution in [1.82, 2.24) is 19.7 Å². The smallest absolute Gasteiger partial charge is 0.234 e. The molecule has 0 unspecified atom stereocenters. The number of ether oxygens (including phenoxy) is 1. The first kappa shape index (κ1) is 18.9. The highest BCUT2D eigenvalue weighted by molar-refractivity contribution is 7.99. The van der Waals surface area contributed by atoms with E-state index in [0.29, 0.717) is 22.4 Å². The first-order chi connectivity index (χ1) is 13.2. The van der Waals surface area contributed by atoms with Crippen LogP contribution in [0.1, 0.15) is 13.3 Å². The fourth-order valence-corrected chi connectivity index (χ4v) is 3.33. The van der Waals surface area contributed by atoms with Gasteiger partial charge in [0.1, 0.15) is 11.4 Å². The van der Waals surface area contributed by atoms with E-state index in [2.05, 4.69) is 27.4 Å². The van der Waals surface area contributed by atoms with Crippen LogP contribution in [0.4, 0.5) is 5.69 Å². The minimum atomic E-state index is -0.130. The molecule has 0 saturated heterocycles. The average molecular weight is 383 g/mol. The second-order valence-corrected chi connectivity index (χ2v) is 6.65. The summed E-state index contributed by atoms with van der Waals surface area (Å²) in [7, 11) is 1.58. The summed E-state index contributed by atoms with van der Waals surface area (Å²) in [4.78, 5) is 16.7. The van der Waals surface area contributed by atoms with Crippen LogP contribution >= 0.6 is 11.8 Å². The highest BCUT2D eigenvalue weighted by Gasteiger charge is 2.16. The monoisotopic (exact) mass is 383 g/mol.